The van der Waals surface area contributed by atoms with Gasteiger partial charge in [-0.1, -0.05) is 24.3 Å². The van der Waals surface area contributed by atoms with Gasteiger partial charge >= 0.3 is 0 Å². The molecule has 0 heterocycles. The molecule has 1 aromatic carbocycles. The number of nitrogens with one attached hydrogen (secondary N) is 1. The van der Waals surface area contributed by atoms with Crippen molar-refractivity contribution in [3.05, 3.63) is 35.4 Å². The molecule has 1 aromatic rings. The highest BCUT2D eigenvalue weighted by Gasteiger charge is 2.03. The van der Waals surface area contributed by atoms with Crippen molar-refractivity contribution in [2.45, 2.75) is 5.75 Å². The van der Waals surface area contributed by atoms with Gasteiger partial charge in [0.2, 0.25) is 0 Å². The van der Waals surface area contributed by atoms with E-state index in [1.807, 2.05) is 24.3 Å². The van der Waals surface area contributed by atoms with Crippen LogP contribution in [0.4, 0.5) is 0 Å². The maximum atomic E-state index is 7.44. The van der Waals surface area contributed by atoms with E-state index < -0.39 is 0 Å². The largest absolute Gasteiger partial charge is 0.384 e. The monoisotopic (exact) mass is 224 g/mol. The summed E-state index contributed by atoms with van der Waals surface area (Å²) in [5.74, 6) is 1.97. The lowest BCUT2D eigenvalue weighted by Gasteiger charge is -2.07. The lowest BCUT2D eigenvalue weighted by atomic mass is 10.1. The van der Waals surface area contributed by atoms with Crippen molar-refractivity contribution in [2.24, 2.45) is 5.73 Å². The molecule has 82 valence electrons. The van der Waals surface area contributed by atoms with E-state index in [4.69, 9.17) is 15.9 Å². The standard InChI is InChI=1S/C11H16N2OS/c1-14-6-7-15-8-9-4-2-3-5-10(9)11(12)13/h2-5H,6-8H2,1H3,(H3,12,13). The number of nitrogens with two attached hydrogens (primary N) is 1. The smallest absolute Gasteiger partial charge is 0.123 e. The van der Waals surface area contributed by atoms with E-state index >= 15 is 0 Å². The topological polar surface area (TPSA) is 59.1 Å². The van der Waals surface area contributed by atoms with Gasteiger partial charge in [0.15, 0.2) is 0 Å². The number of ether oxygens (including phenoxy) is 1. The van der Waals surface area contributed by atoms with Crippen LogP contribution in [0.2, 0.25) is 0 Å². The number of amidine groups is 1. The van der Waals surface area contributed by atoms with E-state index in [2.05, 4.69) is 0 Å². The predicted octanol–water partition coefficient (Wildman–Crippen LogP) is 1.85. The molecule has 0 spiro atoms. The number of methoxy groups -OCH3 is 1. The summed E-state index contributed by atoms with van der Waals surface area (Å²) >= 11 is 1.79. The van der Waals surface area contributed by atoms with Gasteiger partial charge in [-0.05, 0) is 5.56 Å². The summed E-state index contributed by atoms with van der Waals surface area (Å²) in [6.07, 6.45) is 0. The van der Waals surface area contributed by atoms with Crippen molar-refractivity contribution in [1.82, 2.24) is 0 Å². The molecule has 3 nitrogen and oxygen atoms in total. The van der Waals surface area contributed by atoms with Crippen LogP contribution < -0.4 is 5.73 Å². The molecule has 0 atom stereocenters. The van der Waals surface area contributed by atoms with E-state index in [9.17, 15) is 0 Å². The summed E-state index contributed by atoms with van der Waals surface area (Å²) in [6, 6.07) is 7.77. The number of nitrogen functional groups attached to an aromatic ring is 1. The predicted molar refractivity (Wildman–Crippen MR) is 65.5 cm³/mol. The van der Waals surface area contributed by atoms with Gasteiger partial charge in [0, 0.05) is 24.2 Å². The minimum absolute atomic E-state index is 0.137. The average molecular weight is 224 g/mol. The van der Waals surface area contributed by atoms with E-state index in [1.54, 1.807) is 18.9 Å². The molecule has 0 aromatic heterocycles. The quantitative estimate of drug-likeness (QED) is 0.440. The maximum absolute atomic E-state index is 7.44. The van der Waals surface area contributed by atoms with Gasteiger partial charge in [0.1, 0.15) is 5.84 Å². The third kappa shape index (κ3) is 3.93. The van der Waals surface area contributed by atoms with Crippen LogP contribution in [0.25, 0.3) is 0 Å². The molecule has 0 aliphatic carbocycles. The number of hydrogen-bond acceptors (Lipinski definition) is 3. The number of hydrogen-bond donors (Lipinski definition) is 2. The highest BCUT2D eigenvalue weighted by Crippen LogP contribution is 2.15. The highest BCUT2D eigenvalue weighted by molar-refractivity contribution is 7.98. The number of thioether (sulfide) groups is 1. The molecule has 0 saturated carbocycles. The van der Waals surface area contributed by atoms with Gasteiger partial charge in [-0.15, -0.1) is 0 Å². The van der Waals surface area contributed by atoms with Crippen LogP contribution in [0.1, 0.15) is 11.1 Å². The fourth-order valence-electron chi connectivity index (χ4n) is 1.23. The fraction of sp³-hybridized carbons (Fsp3) is 0.364. The first kappa shape index (κ1) is 12.1. The molecule has 0 bridgehead atoms. The first-order chi connectivity index (χ1) is 7.25. The second-order valence-corrected chi connectivity index (χ2v) is 4.22. The van der Waals surface area contributed by atoms with Gasteiger partial charge in [-0.2, -0.15) is 11.8 Å². The van der Waals surface area contributed by atoms with Crippen LogP contribution in [0.15, 0.2) is 24.3 Å². The summed E-state index contributed by atoms with van der Waals surface area (Å²) in [6.45, 7) is 0.757. The lowest BCUT2D eigenvalue weighted by Crippen LogP contribution is -2.13. The average Bonchev–Trinajstić information content (AvgIpc) is 2.25. The van der Waals surface area contributed by atoms with Gasteiger partial charge in [-0.3, -0.25) is 5.41 Å². The third-order valence-electron chi connectivity index (χ3n) is 2.00. The van der Waals surface area contributed by atoms with Crippen molar-refractivity contribution in [3.63, 3.8) is 0 Å². The van der Waals surface area contributed by atoms with E-state index in [0.717, 1.165) is 29.2 Å². The Hall–Kier alpha value is -1.00. The Morgan fingerprint density at radius 2 is 2.20 bits per heavy atom. The zero-order valence-corrected chi connectivity index (χ0v) is 9.64. The Balaban J connectivity index is 2.56. The molecule has 15 heavy (non-hydrogen) atoms. The Labute approximate surface area is 94.5 Å². The van der Waals surface area contributed by atoms with Gasteiger partial charge in [-0.25, -0.2) is 0 Å². The zero-order valence-electron chi connectivity index (χ0n) is 8.82. The molecule has 3 N–H and O–H groups in total. The van der Waals surface area contributed by atoms with Crippen LogP contribution in [-0.2, 0) is 10.5 Å². The van der Waals surface area contributed by atoms with Crippen molar-refractivity contribution < 1.29 is 4.74 Å². The summed E-state index contributed by atoms with van der Waals surface area (Å²) in [5, 5.41) is 7.44. The second kappa shape index (κ2) is 6.48. The molecule has 0 saturated heterocycles. The molecule has 0 amide bonds. The van der Waals surface area contributed by atoms with Gasteiger partial charge in [0.25, 0.3) is 0 Å². The van der Waals surface area contributed by atoms with Crippen LogP contribution in [-0.4, -0.2) is 25.3 Å². The Morgan fingerprint density at radius 3 is 2.87 bits per heavy atom. The van der Waals surface area contributed by atoms with Crippen molar-refractivity contribution in [2.75, 3.05) is 19.5 Å². The number of rotatable bonds is 6. The zero-order chi connectivity index (χ0) is 11.1. The first-order valence-corrected chi connectivity index (χ1v) is 5.90. The lowest BCUT2D eigenvalue weighted by molar-refractivity contribution is 0.218. The third-order valence-corrected chi connectivity index (χ3v) is 2.97. The molecule has 4 heteroatoms. The van der Waals surface area contributed by atoms with Crippen molar-refractivity contribution in [1.29, 1.82) is 5.41 Å². The number of benzene rings is 1. The van der Waals surface area contributed by atoms with Crippen LogP contribution in [0.5, 0.6) is 0 Å². The summed E-state index contributed by atoms with van der Waals surface area (Å²) in [4.78, 5) is 0. The minimum Gasteiger partial charge on any atom is -0.384 e. The summed E-state index contributed by atoms with van der Waals surface area (Å²) in [7, 11) is 1.70. The Bertz CT molecular complexity index is 328. The van der Waals surface area contributed by atoms with Crippen molar-refractivity contribution in [3.8, 4) is 0 Å². The summed E-state index contributed by atoms with van der Waals surface area (Å²) < 4.78 is 4.97. The molecule has 0 fully saturated rings. The minimum atomic E-state index is 0.137. The van der Waals surface area contributed by atoms with Crippen molar-refractivity contribution >= 4 is 17.6 Å². The molecule has 0 radical (unpaired) electrons. The van der Waals surface area contributed by atoms with Gasteiger partial charge in [0.05, 0.1) is 6.61 Å². The first-order valence-electron chi connectivity index (χ1n) is 4.74. The van der Waals surface area contributed by atoms with E-state index in [1.165, 1.54) is 0 Å². The van der Waals surface area contributed by atoms with E-state index in [0.29, 0.717) is 0 Å². The summed E-state index contributed by atoms with van der Waals surface area (Å²) in [5.41, 5.74) is 7.45. The van der Waals surface area contributed by atoms with Gasteiger partial charge < -0.3 is 10.5 Å². The fourth-order valence-corrected chi connectivity index (χ4v) is 2.13. The van der Waals surface area contributed by atoms with E-state index in [-0.39, 0.29) is 5.84 Å². The Morgan fingerprint density at radius 1 is 1.47 bits per heavy atom. The molecular formula is C11H16N2OS. The molecule has 0 unspecified atom stereocenters. The normalized spacial score (nSPS) is 10.2. The SMILES string of the molecule is COCCSCc1ccccc1C(=N)N. The maximum Gasteiger partial charge on any atom is 0.123 e. The van der Waals surface area contributed by atoms with Crippen LogP contribution in [0, 0.1) is 5.41 Å². The van der Waals surface area contributed by atoms with Crippen LogP contribution in [0.3, 0.4) is 0 Å². The molecule has 1 rings (SSSR count). The second-order valence-electron chi connectivity index (χ2n) is 3.12. The molecular weight excluding hydrogens is 208 g/mol. The van der Waals surface area contributed by atoms with Crippen LogP contribution >= 0.6 is 11.8 Å². The molecule has 0 aliphatic heterocycles. The Kier molecular flexibility index (Phi) is 5.21. The molecule has 0 aliphatic rings. The highest BCUT2D eigenvalue weighted by atomic mass is 32.2.